The van der Waals surface area contributed by atoms with E-state index in [-0.39, 0.29) is 23.3 Å². The van der Waals surface area contributed by atoms with Crippen LogP contribution in [0, 0.1) is 11.3 Å². The summed E-state index contributed by atoms with van der Waals surface area (Å²) in [5.74, 6) is 0.265. The summed E-state index contributed by atoms with van der Waals surface area (Å²) >= 11 is 0. The molecule has 82 valence electrons. The van der Waals surface area contributed by atoms with Crippen molar-refractivity contribution >= 4 is 5.91 Å². The first kappa shape index (κ1) is 11.5. The maximum absolute atomic E-state index is 11.5. The van der Waals surface area contributed by atoms with Gasteiger partial charge in [0.15, 0.2) is 0 Å². The van der Waals surface area contributed by atoms with Crippen molar-refractivity contribution in [2.75, 3.05) is 6.54 Å². The Morgan fingerprint density at radius 2 is 2.21 bits per heavy atom. The van der Waals surface area contributed by atoms with Crippen LogP contribution < -0.4 is 5.32 Å². The van der Waals surface area contributed by atoms with Crippen molar-refractivity contribution in [2.24, 2.45) is 11.3 Å². The van der Waals surface area contributed by atoms with Crippen molar-refractivity contribution in [3.05, 3.63) is 0 Å². The van der Waals surface area contributed by atoms with Gasteiger partial charge in [0.05, 0.1) is 6.10 Å². The Labute approximate surface area is 85.9 Å². The van der Waals surface area contributed by atoms with E-state index < -0.39 is 0 Å². The van der Waals surface area contributed by atoms with Gasteiger partial charge in [-0.15, -0.1) is 0 Å². The third-order valence-electron chi connectivity index (χ3n) is 2.96. The molecule has 2 N–H and O–H groups in total. The van der Waals surface area contributed by atoms with Crippen LogP contribution in [0.25, 0.3) is 0 Å². The molecule has 3 nitrogen and oxygen atoms in total. The van der Waals surface area contributed by atoms with E-state index in [4.69, 9.17) is 0 Å². The molecule has 0 bridgehead atoms. The highest BCUT2D eigenvalue weighted by Crippen LogP contribution is 2.51. The molecule has 0 saturated heterocycles. The predicted molar refractivity (Wildman–Crippen MR) is 55.8 cm³/mol. The van der Waals surface area contributed by atoms with Gasteiger partial charge >= 0.3 is 0 Å². The minimum absolute atomic E-state index is 0.102. The Morgan fingerprint density at radius 3 is 2.64 bits per heavy atom. The van der Waals surface area contributed by atoms with Crippen LogP contribution in [0.1, 0.15) is 40.0 Å². The third kappa shape index (κ3) is 2.98. The lowest BCUT2D eigenvalue weighted by Gasteiger charge is -2.11. The lowest BCUT2D eigenvalue weighted by molar-refractivity contribution is -0.123. The van der Waals surface area contributed by atoms with E-state index in [1.807, 2.05) is 6.92 Å². The topological polar surface area (TPSA) is 49.3 Å². The molecule has 1 aliphatic rings. The van der Waals surface area contributed by atoms with Crippen LogP contribution in [0.5, 0.6) is 0 Å². The van der Waals surface area contributed by atoms with Crippen LogP contribution in [0.4, 0.5) is 0 Å². The largest absolute Gasteiger partial charge is 0.391 e. The Hall–Kier alpha value is -0.570. The molecule has 1 amide bonds. The number of hydrogen-bond acceptors (Lipinski definition) is 2. The second-order valence-electron chi connectivity index (χ2n) is 4.93. The smallest absolute Gasteiger partial charge is 0.223 e. The molecule has 3 heteroatoms. The van der Waals surface area contributed by atoms with Gasteiger partial charge in [-0.2, -0.15) is 0 Å². The molecule has 0 aromatic rings. The zero-order chi connectivity index (χ0) is 10.8. The van der Waals surface area contributed by atoms with Gasteiger partial charge in [0.25, 0.3) is 0 Å². The minimum atomic E-state index is -0.384. The van der Waals surface area contributed by atoms with E-state index in [1.54, 1.807) is 0 Å². The van der Waals surface area contributed by atoms with Crippen LogP contribution in [0.3, 0.4) is 0 Å². The van der Waals surface area contributed by atoms with Gasteiger partial charge in [-0.05, 0) is 18.3 Å². The van der Waals surface area contributed by atoms with Crippen molar-refractivity contribution in [1.29, 1.82) is 0 Å². The van der Waals surface area contributed by atoms with Crippen LogP contribution >= 0.6 is 0 Å². The maximum atomic E-state index is 11.5. The number of aliphatic hydroxyl groups is 1. The van der Waals surface area contributed by atoms with Gasteiger partial charge in [0.2, 0.25) is 5.91 Å². The molecule has 1 saturated carbocycles. The van der Waals surface area contributed by atoms with Crippen LogP contribution in [0.15, 0.2) is 0 Å². The zero-order valence-corrected chi connectivity index (χ0v) is 9.34. The van der Waals surface area contributed by atoms with E-state index in [1.165, 1.54) is 0 Å². The monoisotopic (exact) mass is 199 g/mol. The molecular formula is C11H21NO2. The minimum Gasteiger partial charge on any atom is -0.391 e. The molecule has 0 heterocycles. The third-order valence-corrected chi connectivity index (χ3v) is 2.96. The highest BCUT2D eigenvalue weighted by atomic mass is 16.3. The molecule has 0 aliphatic heterocycles. The van der Waals surface area contributed by atoms with Crippen molar-refractivity contribution in [3.8, 4) is 0 Å². The van der Waals surface area contributed by atoms with Crippen LogP contribution in [0.2, 0.25) is 0 Å². The van der Waals surface area contributed by atoms with Crippen LogP contribution in [-0.4, -0.2) is 23.7 Å². The fourth-order valence-corrected chi connectivity index (χ4v) is 1.69. The number of rotatable bonds is 5. The van der Waals surface area contributed by atoms with Crippen molar-refractivity contribution < 1.29 is 9.90 Å². The summed E-state index contributed by atoms with van der Waals surface area (Å²) in [6.07, 6.45) is 2.30. The summed E-state index contributed by atoms with van der Waals surface area (Å²) in [4.78, 5) is 11.5. The molecular weight excluding hydrogens is 178 g/mol. The number of hydrogen-bond donors (Lipinski definition) is 2. The van der Waals surface area contributed by atoms with Crippen molar-refractivity contribution in [3.63, 3.8) is 0 Å². The number of carbonyl (C=O) groups excluding carboxylic acids is 1. The molecule has 1 rings (SSSR count). The first-order valence-corrected chi connectivity index (χ1v) is 5.43. The molecule has 0 aromatic heterocycles. The number of amides is 1. The molecule has 1 aliphatic carbocycles. The van der Waals surface area contributed by atoms with Gasteiger partial charge < -0.3 is 10.4 Å². The zero-order valence-electron chi connectivity index (χ0n) is 9.34. The number of nitrogens with one attached hydrogen (secondary N) is 1. The lowest BCUT2D eigenvalue weighted by Crippen LogP contribution is -2.33. The predicted octanol–water partition coefficient (Wildman–Crippen LogP) is 1.31. The summed E-state index contributed by atoms with van der Waals surface area (Å²) in [6, 6.07) is 0. The molecule has 0 aromatic carbocycles. The SMILES string of the molecule is CCCC(O)CNC(=O)C1CC1(C)C. The van der Waals surface area contributed by atoms with Crippen LogP contribution in [-0.2, 0) is 4.79 Å². The van der Waals surface area contributed by atoms with E-state index in [0.29, 0.717) is 6.54 Å². The fourth-order valence-electron chi connectivity index (χ4n) is 1.69. The van der Waals surface area contributed by atoms with Crippen molar-refractivity contribution in [1.82, 2.24) is 5.32 Å². The first-order chi connectivity index (χ1) is 6.47. The van der Waals surface area contributed by atoms with Gasteiger partial charge in [-0.1, -0.05) is 27.2 Å². The molecule has 1 fully saturated rings. The van der Waals surface area contributed by atoms with E-state index in [2.05, 4.69) is 19.2 Å². The highest BCUT2D eigenvalue weighted by molar-refractivity contribution is 5.82. The summed E-state index contributed by atoms with van der Waals surface area (Å²) in [5.41, 5.74) is 0.180. The molecule has 2 unspecified atom stereocenters. The number of carbonyl (C=O) groups is 1. The first-order valence-electron chi connectivity index (χ1n) is 5.43. The summed E-state index contributed by atoms with van der Waals surface area (Å²) < 4.78 is 0. The van der Waals surface area contributed by atoms with E-state index in [0.717, 1.165) is 19.3 Å². The Morgan fingerprint density at radius 1 is 1.64 bits per heavy atom. The lowest BCUT2D eigenvalue weighted by atomic mass is 10.1. The molecule has 0 radical (unpaired) electrons. The van der Waals surface area contributed by atoms with Gasteiger partial charge in [-0.3, -0.25) is 4.79 Å². The van der Waals surface area contributed by atoms with E-state index >= 15 is 0 Å². The summed E-state index contributed by atoms with van der Waals surface area (Å²) in [5, 5.41) is 12.2. The molecule has 14 heavy (non-hydrogen) atoms. The van der Waals surface area contributed by atoms with Gasteiger partial charge in [0.1, 0.15) is 0 Å². The normalized spacial score (nSPS) is 25.6. The summed E-state index contributed by atoms with van der Waals surface area (Å²) in [7, 11) is 0. The Bertz CT molecular complexity index is 213. The second-order valence-corrected chi connectivity index (χ2v) is 4.93. The average Bonchev–Trinajstić information content (AvgIpc) is 2.72. The van der Waals surface area contributed by atoms with Crippen molar-refractivity contribution in [2.45, 2.75) is 46.1 Å². The molecule has 2 atom stereocenters. The fraction of sp³-hybridized carbons (Fsp3) is 0.909. The second kappa shape index (κ2) is 4.30. The Balaban J connectivity index is 2.16. The Kier molecular flexibility index (Phi) is 3.53. The van der Waals surface area contributed by atoms with E-state index in [9.17, 15) is 9.90 Å². The van der Waals surface area contributed by atoms with Gasteiger partial charge in [-0.25, -0.2) is 0 Å². The summed E-state index contributed by atoms with van der Waals surface area (Å²) in [6.45, 7) is 6.62. The van der Waals surface area contributed by atoms with Gasteiger partial charge in [0, 0.05) is 12.5 Å². The number of aliphatic hydroxyl groups excluding tert-OH is 1. The highest BCUT2D eigenvalue weighted by Gasteiger charge is 2.50. The quantitative estimate of drug-likeness (QED) is 0.701. The average molecular weight is 199 g/mol. The standard InChI is InChI=1S/C11H21NO2/c1-4-5-8(13)7-12-10(14)9-6-11(9,2)3/h8-9,13H,4-7H2,1-3H3,(H,12,14). The molecule has 0 spiro atoms. The maximum Gasteiger partial charge on any atom is 0.223 e.